The number of ketones is 1. The van der Waals surface area contributed by atoms with Gasteiger partial charge in [0.1, 0.15) is 29.3 Å². The first kappa shape index (κ1) is 20.4. The Balaban J connectivity index is 2.45. The molecule has 2 rings (SSSR count). The molecule has 0 spiro atoms. The number of aliphatic hydroxyl groups excluding tert-OH is 2. The number of phenolic OH excluding ortho intramolecular Hbond substituents is 1. The number of amides is 1. The Kier molecular flexibility index (Phi) is 6.54. The summed E-state index contributed by atoms with van der Waals surface area (Å²) in [6.07, 6.45) is -2.07. The van der Waals surface area contributed by atoms with E-state index in [9.17, 15) is 29.7 Å². The number of nitrogens with one attached hydrogen (secondary N) is 1. The molecule has 1 aromatic rings. The highest BCUT2D eigenvalue weighted by Gasteiger charge is 2.27. The predicted octanol–water partition coefficient (Wildman–Crippen LogP) is 0.525. The van der Waals surface area contributed by atoms with Crippen molar-refractivity contribution >= 4 is 23.3 Å². The van der Waals surface area contributed by atoms with Crippen molar-refractivity contribution in [3.8, 4) is 11.5 Å². The van der Waals surface area contributed by atoms with Gasteiger partial charge in [-0.1, -0.05) is 6.08 Å². The Bertz CT molecular complexity index is 773. The largest absolute Gasteiger partial charge is 0.507 e. The number of rotatable bonds is 1. The molecule has 1 amide bonds. The molecule has 1 aliphatic heterocycles. The minimum atomic E-state index is -1.77. The lowest BCUT2D eigenvalue weighted by molar-refractivity contribution is -0.130. The minimum Gasteiger partial charge on any atom is -0.507 e. The summed E-state index contributed by atoms with van der Waals surface area (Å²) < 4.78 is 10.2. The predicted molar refractivity (Wildman–Crippen MR) is 93.6 cm³/mol. The molecule has 0 bridgehead atoms. The van der Waals surface area contributed by atoms with Crippen molar-refractivity contribution in [2.45, 2.75) is 38.1 Å². The molecule has 4 N–H and O–H groups in total. The van der Waals surface area contributed by atoms with E-state index in [1.165, 1.54) is 25.3 Å². The molecule has 0 saturated heterocycles. The van der Waals surface area contributed by atoms with Crippen molar-refractivity contribution in [3.05, 3.63) is 29.8 Å². The Morgan fingerprint density at radius 2 is 1.93 bits per heavy atom. The zero-order valence-corrected chi connectivity index (χ0v) is 14.8. The topological polar surface area (TPSA) is 142 Å². The van der Waals surface area contributed by atoms with Gasteiger partial charge in [-0.05, 0) is 13.0 Å². The van der Waals surface area contributed by atoms with Crippen LogP contribution in [0.15, 0.2) is 24.3 Å². The number of hydrogen-bond donors (Lipinski definition) is 4. The Labute approximate surface area is 155 Å². The van der Waals surface area contributed by atoms with E-state index >= 15 is 0 Å². The lowest BCUT2D eigenvalue weighted by Crippen LogP contribution is -2.36. The fourth-order valence-electron chi connectivity index (χ4n) is 2.49. The second-order valence-corrected chi connectivity index (χ2v) is 6.09. The van der Waals surface area contributed by atoms with E-state index in [2.05, 4.69) is 5.32 Å². The van der Waals surface area contributed by atoms with Gasteiger partial charge in [0.25, 0.3) is 0 Å². The highest BCUT2D eigenvalue weighted by atomic mass is 16.5. The first-order valence-electron chi connectivity index (χ1n) is 8.21. The van der Waals surface area contributed by atoms with Gasteiger partial charge < -0.3 is 30.1 Å². The summed E-state index contributed by atoms with van der Waals surface area (Å²) in [4.78, 5) is 36.4. The number of anilines is 1. The summed E-state index contributed by atoms with van der Waals surface area (Å²) in [5.41, 5.74) is -0.363. The lowest BCUT2D eigenvalue weighted by Gasteiger charge is -2.19. The van der Waals surface area contributed by atoms with Crippen LogP contribution in [0.4, 0.5) is 5.69 Å². The van der Waals surface area contributed by atoms with Crippen LogP contribution in [0.25, 0.3) is 0 Å². The maximum absolute atomic E-state index is 12.4. The molecule has 0 radical (unpaired) electrons. The molecule has 1 aliphatic rings. The second kappa shape index (κ2) is 8.65. The third-order valence-corrected chi connectivity index (χ3v) is 3.91. The zero-order valence-electron chi connectivity index (χ0n) is 14.8. The van der Waals surface area contributed by atoms with Crippen molar-refractivity contribution in [1.29, 1.82) is 0 Å². The SMILES string of the molecule is COc1cc(O)c2c(c1)NC(=O)CC(O)C(O)C(=O)/C=C\CC(C)OC2=O. The van der Waals surface area contributed by atoms with Gasteiger partial charge in [0.05, 0.1) is 25.3 Å². The first-order chi connectivity index (χ1) is 12.7. The van der Waals surface area contributed by atoms with E-state index in [4.69, 9.17) is 9.47 Å². The summed E-state index contributed by atoms with van der Waals surface area (Å²) >= 11 is 0. The summed E-state index contributed by atoms with van der Waals surface area (Å²) in [5.74, 6) is -2.72. The third-order valence-electron chi connectivity index (χ3n) is 3.91. The number of aliphatic hydroxyl groups is 2. The number of benzene rings is 1. The molecule has 9 nitrogen and oxygen atoms in total. The molecule has 27 heavy (non-hydrogen) atoms. The van der Waals surface area contributed by atoms with E-state index < -0.39 is 48.1 Å². The number of phenols is 1. The molecule has 146 valence electrons. The van der Waals surface area contributed by atoms with Gasteiger partial charge in [-0.3, -0.25) is 9.59 Å². The lowest BCUT2D eigenvalue weighted by atomic mass is 10.0. The normalized spacial score (nSPS) is 25.6. The maximum atomic E-state index is 12.4. The van der Waals surface area contributed by atoms with Gasteiger partial charge >= 0.3 is 5.97 Å². The van der Waals surface area contributed by atoms with Gasteiger partial charge in [0, 0.05) is 18.6 Å². The van der Waals surface area contributed by atoms with Gasteiger partial charge in [0.15, 0.2) is 5.78 Å². The number of cyclic esters (lactones) is 1. The average Bonchev–Trinajstić information content (AvgIpc) is 2.59. The van der Waals surface area contributed by atoms with Crippen LogP contribution in [0.3, 0.4) is 0 Å². The van der Waals surface area contributed by atoms with Crippen molar-refractivity contribution in [2.24, 2.45) is 0 Å². The standard InChI is InChI=1S/C18H21NO8/c1-9-4-3-5-12(20)17(24)14(22)8-15(23)19-11-6-10(26-2)7-13(21)16(11)18(25)27-9/h3,5-7,9,14,17,21-22,24H,4,8H2,1-2H3,(H,19,23)/b5-3-. The molecule has 3 unspecified atom stereocenters. The Morgan fingerprint density at radius 3 is 2.59 bits per heavy atom. The number of aromatic hydroxyl groups is 1. The number of ether oxygens (including phenoxy) is 2. The number of hydrogen-bond acceptors (Lipinski definition) is 8. The van der Waals surface area contributed by atoms with Gasteiger partial charge in [-0.25, -0.2) is 4.79 Å². The van der Waals surface area contributed by atoms with E-state index in [0.717, 1.165) is 6.08 Å². The van der Waals surface area contributed by atoms with Crippen LogP contribution < -0.4 is 10.1 Å². The highest BCUT2D eigenvalue weighted by molar-refractivity contribution is 6.04. The molecular weight excluding hydrogens is 358 g/mol. The van der Waals surface area contributed by atoms with Crippen molar-refractivity contribution in [3.63, 3.8) is 0 Å². The summed E-state index contributed by atoms with van der Waals surface area (Å²) in [6, 6.07) is 2.50. The Morgan fingerprint density at radius 1 is 1.22 bits per heavy atom. The van der Waals surface area contributed by atoms with Crippen LogP contribution in [0, 0.1) is 0 Å². The van der Waals surface area contributed by atoms with Crippen LogP contribution in [-0.2, 0) is 14.3 Å². The minimum absolute atomic E-state index is 0.0883. The summed E-state index contributed by atoms with van der Waals surface area (Å²) in [5, 5.41) is 32.3. The quantitative estimate of drug-likeness (QED) is 0.518. The number of fused-ring (bicyclic) bond motifs is 1. The number of methoxy groups -OCH3 is 1. The molecule has 3 atom stereocenters. The van der Waals surface area contributed by atoms with E-state index in [1.807, 2.05) is 0 Å². The van der Waals surface area contributed by atoms with E-state index in [0.29, 0.717) is 0 Å². The van der Waals surface area contributed by atoms with Crippen LogP contribution in [-0.4, -0.2) is 58.4 Å². The van der Waals surface area contributed by atoms with Gasteiger partial charge in [-0.15, -0.1) is 0 Å². The first-order valence-corrected chi connectivity index (χ1v) is 8.21. The second-order valence-electron chi connectivity index (χ2n) is 6.09. The molecule has 0 saturated carbocycles. The van der Waals surface area contributed by atoms with Crippen molar-refractivity contribution in [1.82, 2.24) is 0 Å². The van der Waals surface area contributed by atoms with E-state index in [-0.39, 0.29) is 23.4 Å². The number of carbonyl (C=O) groups is 3. The zero-order chi connectivity index (χ0) is 20.1. The fraction of sp³-hybridized carbons (Fsp3) is 0.389. The van der Waals surface area contributed by atoms with Crippen LogP contribution >= 0.6 is 0 Å². The number of carbonyl (C=O) groups excluding carboxylic acids is 3. The third kappa shape index (κ3) is 5.05. The molecule has 0 fully saturated rings. The molecular formula is C18H21NO8. The van der Waals surface area contributed by atoms with Crippen molar-refractivity contribution in [2.75, 3.05) is 12.4 Å². The van der Waals surface area contributed by atoms with Gasteiger partial charge in [-0.2, -0.15) is 0 Å². The average molecular weight is 379 g/mol. The van der Waals surface area contributed by atoms with Crippen LogP contribution in [0.1, 0.15) is 30.1 Å². The summed E-state index contributed by atoms with van der Waals surface area (Å²) in [7, 11) is 1.34. The van der Waals surface area contributed by atoms with Crippen LogP contribution in [0.5, 0.6) is 11.5 Å². The molecule has 9 heteroatoms. The molecule has 0 aromatic heterocycles. The fourth-order valence-corrected chi connectivity index (χ4v) is 2.49. The van der Waals surface area contributed by atoms with Crippen LogP contribution in [0.2, 0.25) is 0 Å². The molecule has 1 aromatic carbocycles. The number of esters is 1. The molecule has 1 heterocycles. The monoisotopic (exact) mass is 379 g/mol. The Hall–Kier alpha value is -2.91. The van der Waals surface area contributed by atoms with Crippen molar-refractivity contribution < 1.29 is 39.2 Å². The summed E-state index contributed by atoms with van der Waals surface area (Å²) in [6.45, 7) is 1.57. The van der Waals surface area contributed by atoms with E-state index in [1.54, 1.807) is 6.92 Å². The highest BCUT2D eigenvalue weighted by Crippen LogP contribution is 2.33. The van der Waals surface area contributed by atoms with Gasteiger partial charge in [0.2, 0.25) is 5.91 Å². The molecule has 0 aliphatic carbocycles. The smallest absolute Gasteiger partial charge is 0.344 e. The maximum Gasteiger partial charge on any atom is 0.344 e.